The molecule has 2 fully saturated rings. The first-order chi connectivity index (χ1) is 8.68. The van der Waals surface area contributed by atoms with Gasteiger partial charge in [0.1, 0.15) is 0 Å². The zero-order valence-corrected chi connectivity index (χ0v) is 11.2. The van der Waals surface area contributed by atoms with Gasteiger partial charge in [0.15, 0.2) is 0 Å². The molecule has 3 unspecified atom stereocenters. The Bertz CT molecular complexity index is 278. The summed E-state index contributed by atoms with van der Waals surface area (Å²) in [5, 5.41) is 3.01. The highest BCUT2D eigenvalue weighted by Gasteiger charge is 2.30. The Kier molecular flexibility index (Phi) is 5.01. The minimum Gasteiger partial charge on any atom is -0.354 e. The molecule has 4 heteroatoms. The number of rotatable bonds is 4. The van der Waals surface area contributed by atoms with E-state index in [1.165, 1.54) is 25.7 Å². The number of nitrogens with two attached hydrogens (primary N) is 2. The van der Waals surface area contributed by atoms with Gasteiger partial charge in [0.2, 0.25) is 5.91 Å². The van der Waals surface area contributed by atoms with E-state index >= 15 is 0 Å². The van der Waals surface area contributed by atoms with Crippen molar-refractivity contribution in [1.29, 1.82) is 0 Å². The molecule has 3 atom stereocenters. The highest BCUT2D eigenvalue weighted by Crippen LogP contribution is 2.31. The standard InChI is InChI=1S/C14H27N3O/c15-12-6-4-2-1-3-5-11(12)14(18)17-9-13(16)10-7-8-10/h10-13H,1-9,15-16H2,(H,17,18). The summed E-state index contributed by atoms with van der Waals surface area (Å²) >= 11 is 0. The summed E-state index contributed by atoms with van der Waals surface area (Å²) in [4.78, 5) is 12.2. The van der Waals surface area contributed by atoms with Crippen LogP contribution in [0.3, 0.4) is 0 Å². The molecule has 0 spiro atoms. The lowest BCUT2D eigenvalue weighted by Gasteiger charge is -2.26. The van der Waals surface area contributed by atoms with E-state index in [0.717, 1.165) is 25.7 Å². The summed E-state index contributed by atoms with van der Waals surface area (Å²) in [6.45, 7) is 0.618. The van der Waals surface area contributed by atoms with E-state index in [9.17, 15) is 4.79 Å². The Morgan fingerprint density at radius 1 is 1.11 bits per heavy atom. The van der Waals surface area contributed by atoms with Crippen LogP contribution in [0.5, 0.6) is 0 Å². The maximum Gasteiger partial charge on any atom is 0.224 e. The topological polar surface area (TPSA) is 81.1 Å². The van der Waals surface area contributed by atoms with Crippen molar-refractivity contribution in [3.05, 3.63) is 0 Å². The molecule has 0 heterocycles. The van der Waals surface area contributed by atoms with Crippen LogP contribution in [0.1, 0.15) is 51.4 Å². The fraction of sp³-hybridized carbons (Fsp3) is 0.929. The third-order valence-electron chi connectivity index (χ3n) is 4.40. The number of hydrogen-bond acceptors (Lipinski definition) is 3. The molecule has 5 N–H and O–H groups in total. The van der Waals surface area contributed by atoms with E-state index in [1.54, 1.807) is 0 Å². The van der Waals surface area contributed by atoms with Crippen LogP contribution in [0.4, 0.5) is 0 Å². The van der Waals surface area contributed by atoms with E-state index in [2.05, 4.69) is 5.32 Å². The SMILES string of the molecule is NC(CNC(=O)C1CCCCCCC1N)C1CC1. The molecule has 2 aliphatic carbocycles. The maximum absolute atomic E-state index is 12.2. The van der Waals surface area contributed by atoms with Crippen LogP contribution in [0, 0.1) is 11.8 Å². The highest BCUT2D eigenvalue weighted by atomic mass is 16.1. The van der Waals surface area contributed by atoms with Gasteiger partial charge in [-0.25, -0.2) is 0 Å². The molecule has 0 saturated heterocycles. The Balaban J connectivity index is 1.77. The monoisotopic (exact) mass is 253 g/mol. The number of hydrogen-bond donors (Lipinski definition) is 3. The minimum absolute atomic E-state index is 0.00305. The summed E-state index contributed by atoms with van der Waals surface area (Å²) in [5.74, 6) is 0.758. The van der Waals surface area contributed by atoms with Gasteiger partial charge in [-0.3, -0.25) is 4.79 Å². The van der Waals surface area contributed by atoms with E-state index < -0.39 is 0 Å². The average Bonchev–Trinajstić information content (AvgIpc) is 3.15. The second-order valence-electron chi connectivity index (χ2n) is 6.01. The third-order valence-corrected chi connectivity index (χ3v) is 4.40. The molecule has 0 aromatic rings. The maximum atomic E-state index is 12.2. The van der Waals surface area contributed by atoms with Crippen molar-refractivity contribution >= 4 is 5.91 Å². The van der Waals surface area contributed by atoms with Gasteiger partial charge in [-0.05, 0) is 31.6 Å². The molecule has 4 nitrogen and oxygen atoms in total. The van der Waals surface area contributed by atoms with Gasteiger partial charge in [-0.15, -0.1) is 0 Å². The minimum atomic E-state index is -0.00305. The van der Waals surface area contributed by atoms with Gasteiger partial charge in [0, 0.05) is 18.6 Å². The molecule has 0 aromatic carbocycles. The molecule has 2 saturated carbocycles. The quantitative estimate of drug-likeness (QED) is 0.702. The molecule has 0 bridgehead atoms. The van der Waals surface area contributed by atoms with Crippen molar-refractivity contribution < 1.29 is 4.79 Å². The van der Waals surface area contributed by atoms with Crippen LogP contribution < -0.4 is 16.8 Å². The van der Waals surface area contributed by atoms with Crippen LogP contribution in [0.15, 0.2) is 0 Å². The molecule has 0 aliphatic heterocycles. The van der Waals surface area contributed by atoms with Crippen LogP contribution in [0.25, 0.3) is 0 Å². The van der Waals surface area contributed by atoms with Crippen molar-refractivity contribution in [3.63, 3.8) is 0 Å². The van der Waals surface area contributed by atoms with E-state index in [-0.39, 0.29) is 23.9 Å². The Hall–Kier alpha value is -0.610. The van der Waals surface area contributed by atoms with Gasteiger partial charge < -0.3 is 16.8 Å². The van der Waals surface area contributed by atoms with Crippen LogP contribution in [-0.4, -0.2) is 24.5 Å². The molecule has 2 rings (SSSR count). The van der Waals surface area contributed by atoms with Gasteiger partial charge in [0.05, 0.1) is 5.92 Å². The molecule has 1 amide bonds. The van der Waals surface area contributed by atoms with Crippen LogP contribution in [-0.2, 0) is 4.79 Å². The van der Waals surface area contributed by atoms with Gasteiger partial charge >= 0.3 is 0 Å². The van der Waals surface area contributed by atoms with Crippen LogP contribution in [0.2, 0.25) is 0 Å². The summed E-state index contributed by atoms with van der Waals surface area (Å²) in [6, 6.07) is 0.168. The normalized spacial score (nSPS) is 31.2. The number of carbonyl (C=O) groups excluding carboxylic acids is 1. The smallest absolute Gasteiger partial charge is 0.224 e. The van der Waals surface area contributed by atoms with E-state index in [0.29, 0.717) is 12.5 Å². The zero-order valence-electron chi connectivity index (χ0n) is 11.2. The van der Waals surface area contributed by atoms with Crippen molar-refractivity contribution in [1.82, 2.24) is 5.32 Å². The number of carbonyl (C=O) groups is 1. The van der Waals surface area contributed by atoms with E-state index in [4.69, 9.17) is 11.5 Å². The Morgan fingerprint density at radius 3 is 2.44 bits per heavy atom. The van der Waals surface area contributed by atoms with Gasteiger partial charge in [-0.1, -0.05) is 25.7 Å². The Morgan fingerprint density at radius 2 is 1.78 bits per heavy atom. The lowest BCUT2D eigenvalue weighted by atomic mass is 9.86. The van der Waals surface area contributed by atoms with Gasteiger partial charge in [0.25, 0.3) is 0 Å². The summed E-state index contributed by atoms with van der Waals surface area (Å²) in [6.07, 6.45) is 9.14. The molecular formula is C14H27N3O. The average molecular weight is 253 g/mol. The number of amides is 1. The first-order valence-electron chi connectivity index (χ1n) is 7.47. The molecule has 0 radical (unpaired) electrons. The van der Waals surface area contributed by atoms with Crippen molar-refractivity contribution in [2.24, 2.45) is 23.3 Å². The highest BCUT2D eigenvalue weighted by molar-refractivity contribution is 5.79. The van der Waals surface area contributed by atoms with Crippen molar-refractivity contribution in [2.75, 3.05) is 6.54 Å². The lowest BCUT2D eigenvalue weighted by molar-refractivity contribution is -0.126. The first kappa shape index (κ1) is 13.8. The molecule has 0 aromatic heterocycles. The lowest BCUT2D eigenvalue weighted by Crippen LogP contribution is -2.46. The Labute approximate surface area is 110 Å². The number of nitrogens with one attached hydrogen (secondary N) is 1. The third kappa shape index (κ3) is 3.95. The first-order valence-corrected chi connectivity index (χ1v) is 7.47. The predicted octanol–water partition coefficient (Wildman–Crippen LogP) is 1.14. The predicted molar refractivity (Wildman–Crippen MR) is 72.9 cm³/mol. The fourth-order valence-corrected chi connectivity index (χ4v) is 2.88. The van der Waals surface area contributed by atoms with E-state index in [1.807, 2.05) is 0 Å². The van der Waals surface area contributed by atoms with Gasteiger partial charge in [-0.2, -0.15) is 0 Å². The largest absolute Gasteiger partial charge is 0.354 e. The second-order valence-corrected chi connectivity index (χ2v) is 6.01. The summed E-state index contributed by atoms with van der Waals surface area (Å²) in [5.41, 5.74) is 12.1. The van der Waals surface area contributed by atoms with Crippen molar-refractivity contribution in [3.8, 4) is 0 Å². The summed E-state index contributed by atoms with van der Waals surface area (Å²) in [7, 11) is 0. The second kappa shape index (κ2) is 6.53. The fourth-order valence-electron chi connectivity index (χ4n) is 2.88. The summed E-state index contributed by atoms with van der Waals surface area (Å²) < 4.78 is 0. The zero-order chi connectivity index (χ0) is 13.0. The molecule has 104 valence electrons. The molecule has 18 heavy (non-hydrogen) atoms. The molecule has 2 aliphatic rings. The van der Waals surface area contributed by atoms with Crippen molar-refractivity contribution in [2.45, 2.75) is 63.5 Å². The van der Waals surface area contributed by atoms with Crippen LogP contribution >= 0.6 is 0 Å². The molecular weight excluding hydrogens is 226 g/mol.